The maximum atomic E-state index is 9.06. The van der Waals surface area contributed by atoms with Gasteiger partial charge in [-0.25, -0.2) is 0 Å². The molecule has 1 nitrogen and oxygen atoms in total. The van der Waals surface area contributed by atoms with E-state index in [1.807, 2.05) is 0 Å². The molecule has 0 amide bonds. The summed E-state index contributed by atoms with van der Waals surface area (Å²) in [5.41, 5.74) is 0. The van der Waals surface area contributed by atoms with Crippen molar-refractivity contribution in [1.29, 1.82) is 0 Å². The van der Waals surface area contributed by atoms with Gasteiger partial charge in [0.2, 0.25) is 0 Å². The molecule has 0 aliphatic heterocycles. The van der Waals surface area contributed by atoms with Crippen molar-refractivity contribution in [2.45, 2.75) is 0 Å². The average molecular weight is 96.2 g/mol. The van der Waals surface area contributed by atoms with Crippen LogP contribution in [0.2, 0.25) is 0 Å². The Kier molecular flexibility index (Phi) is 16.7. The van der Waals surface area contributed by atoms with E-state index in [1.165, 1.54) is 6.08 Å². The van der Waals surface area contributed by atoms with Gasteiger partial charge < -0.3 is 0 Å². The summed E-state index contributed by atoms with van der Waals surface area (Å²) in [5.74, 6) is 0. The molecule has 0 heterocycles. The molecule has 0 radical (unpaired) electrons. The van der Waals surface area contributed by atoms with E-state index >= 15 is 0 Å². The van der Waals surface area contributed by atoms with Crippen LogP contribution < -0.4 is 0 Å². The zero-order chi connectivity index (χ0) is 3.41. The van der Waals surface area contributed by atoms with Gasteiger partial charge in [0.25, 0.3) is 0 Å². The summed E-state index contributed by atoms with van der Waals surface area (Å²) in [6.07, 6.45) is 1.83. The van der Waals surface area contributed by atoms with E-state index in [9.17, 15) is 0 Å². The first kappa shape index (κ1) is 9.40. The van der Waals surface area contributed by atoms with E-state index in [4.69, 9.17) is 4.79 Å². The summed E-state index contributed by atoms with van der Waals surface area (Å²) in [6.45, 7) is 3.11. The third kappa shape index (κ3) is 11.2. The van der Waals surface area contributed by atoms with Crippen molar-refractivity contribution in [3.63, 3.8) is 0 Å². The molecule has 2 heteroatoms. The molecule has 5 heavy (non-hydrogen) atoms. The Morgan fingerprint density at radius 1 is 1.60 bits per heavy atom. The van der Waals surface area contributed by atoms with Crippen LogP contribution in [-0.4, -0.2) is 57.7 Å². The summed E-state index contributed by atoms with van der Waals surface area (Å²) in [5, 5.41) is 0. The molecule has 24 valence electrons. The number of hydrogen-bond donors (Lipinski definition) is 0. The molecule has 0 spiro atoms. The van der Waals surface area contributed by atoms with E-state index in [1.54, 1.807) is 0 Å². The molecule has 0 atom stereocenters. The molecule has 0 unspecified atom stereocenters. The fraction of sp³-hybridized carbons (Fsp3) is 0. The summed E-state index contributed by atoms with van der Waals surface area (Å²) >= 11 is 0. The molecule has 0 aliphatic carbocycles. The number of carbonyl (C=O) groups excluding carboxylic acids is 1. The quantitative estimate of drug-likeness (QED) is 0.249. The van der Waals surface area contributed by atoms with Crippen molar-refractivity contribution < 1.29 is 4.79 Å². The third-order valence-corrected chi connectivity index (χ3v) is 0.0962. The molecule has 0 rings (SSSR count). The zero-order valence-corrected chi connectivity index (χ0v) is 2.27. The fourth-order valence-electron chi connectivity index (χ4n) is 0. The second-order valence-electron chi connectivity index (χ2n) is 0.372. The second-order valence-corrected chi connectivity index (χ2v) is 0.372. The van der Waals surface area contributed by atoms with Gasteiger partial charge in [-0.1, -0.05) is 6.58 Å². The molecule has 0 fully saturated rings. The first-order chi connectivity index (χ1) is 1.91. The monoisotopic (exact) mass is 96.0 g/mol. The van der Waals surface area contributed by atoms with Crippen molar-refractivity contribution in [1.82, 2.24) is 0 Å². The number of hydrogen-bond acceptors (Lipinski definition) is 1. The average Bonchev–Trinajstić information content (AvgIpc) is 1.37. The van der Waals surface area contributed by atoms with Gasteiger partial charge >= 0.3 is 51.4 Å². The fourth-order valence-corrected chi connectivity index (χ4v) is 0. The summed E-state index contributed by atoms with van der Waals surface area (Å²) in [6, 6.07) is 0. The molecular weight excluding hydrogens is 91.1 g/mol. The van der Waals surface area contributed by atoms with Crippen molar-refractivity contribution in [3.8, 4) is 0 Å². The Morgan fingerprint density at radius 3 is 1.80 bits per heavy atom. The Hall–Kier alpha value is 1.05. The van der Waals surface area contributed by atoms with Crippen molar-refractivity contribution in [3.05, 3.63) is 12.7 Å². The van der Waals surface area contributed by atoms with Gasteiger partial charge in [-0.3, -0.25) is 4.79 Å². The first-order valence-corrected chi connectivity index (χ1v) is 0.977. The Balaban J connectivity index is 0. The first-order valence-electron chi connectivity index (χ1n) is 0.977. The van der Waals surface area contributed by atoms with Crippen molar-refractivity contribution in [2.75, 3.05) is 0 Å². The van der Waals surface area contributed by atoms with Crippen molar-refractivity contribution >= 4 is 57.7 Å². The van der Waals surface area contributed by atoms with E-state index in [0.717, 1.165) is 0 Å². The van der Waals surface area contributed by atoms with Gasteiger partial charge in [0, 0.05) is 0 Å². The molecule has 0 aromatic rings. The van der Waals surface area contributed by atoms with Crippen LogP contribution in [0.25, 0.3) is 0 Å². The Morgan fingerprint density at radius 2 is 1.80 bits per heavy atom. The van der Waals surface area contributed by atoms with Crippen LogP contribution >= 0.6 is 0 Å². The molecule has 0 bridgehead atoms. The van der Waals surface area contributed by atoms with E-state index in [0.29, 0.717) is 6.29 Å². The minimum atomic E-state index is 0. The van der Waals surface area contributed by atoms with Crippen LogP contribution in [0.1, 0.15) is 0 Å². The van der Waals surface area contributed by atoms with Gasteiger partial charge in [0.05, 0.1) is 0 Å². The van der Waals surface area contributed by atoms with Crippen LogP contribution in [0.15, 0.2) is 12.7 Å². The molecule has 0 N–H and O–H groups in total. The van der Waals surface area contributed by atoms with E-state index in [-0.39, 0.29) is 51.4 Å². The normalized spacial score (nSPS) is 4.00. The molecule has 0 aromatic carbocycles. The van der Waals surface area contributed by atoms with Crippen LogP contribution in [0, 0.1) is 0 Å². The number of rotatable bonds is 1. The van der Waals surface area contributed by atoms with Crippen LogP contribution in [0.5, 0.6) is 0 Å². The molecule has 0 aromatic heterocycles. The van der Waals surface area contributed by atoms with Crippen LogP contribution in [0.4, 0.5) is 0 Å². The number of aldehydes is 1. The third-order valence-electron chi connectivity index (χ3n) is 0.0962. The number of carbonyl (C=O) groups is 1. The van der Waals surface area contributed by atoms with Gasteiger partial charge in [0.15, 0.2) is 0 Å². The molecule has 0 saturated heterocycles. The summed E-state index contributed by atoms with van der Waals surface area (Å²) in [4.78, 5) is 9.06. The topological polar surface area (TPSA) is 17.1 Å². The van der Waals surface area contributed by atoms with E-state index < -0.39 is 0 Å². The minimum absolute atomic E-state index is 0. The second kappa shape index (κ2) is 8.90. The Labute approximate surface area is 73.9 Å². The van der Waals surface area contributed by atoms with Gasteiger partial charge in [-0.2, -0.15) is 0 Å². The van der Waals surface area contributed by atoms with Crippen molar-refractivity contribution in [2.24, 2.45) is 0 Å². The number of allylic oxidation sites excluding steroid dienone is 1. The summed E-state index contributed by atoms with van der Waals surface area (Å²) < 4.78 is 0. The standard InChI is InChI=1S/C3H4O.K.H/c1-2-3-4;;/h2-3H,1H2;;. The zero-order valence-electron chi connectivity index (χ0n) is 2.27. The van der Waals surface area contributed by atoms with Gasteiger partial charge in [-0.05, 0) is 6.08 Å². The Bertz CT molecular complexity index is 27.9. The molecule has 0 saturated carbocycles. The van der Waals surface area contributed by atoms with Crippen LogP contribution in [-0.2, 0) is 4.79 Å². The predicted molar refractivity (Wildman–Crippen MR) is 23.4 cm³/mol. The SMILES string of the molecule is C=CC=O.[KH]. The molecular formula is C3H5KO. The van der Waals surface area contributed by atoms with Crippen LogP contribution in [0.3, 0.4) is 0 Å². The predicted octanol–water partition coefficient (Wildman–Crippen LogP) is -0.277. The molecule has 0 aliphatic rings. The van der Waals surface area contributed by atoms with Gasteiger partial charge in [0.1, 0.15) is 6.29 Å². The van der Waals surface area contributed by atoms with Gasteiger partial charge in [-0.15, -0.1) is 0 Å². The maximum absolute atomic E-state index is 9.06. The van der Waals surface area contributed by atoms with E-state index in [2.05, 4.69) is 6.58 Å². The summed E-state index contributed by atoms with van der Waals surface area (Å²) in [7, 11) is 0.